The molecule has 1 saturated heterocycles. The van der Waals surface area contributed by atoms with Crippen molar-refractivity contribution >= 4 is 27.0 Å². The Bertz CT molecular complexity index is 1520. The van der Waals surface area contributed by atoms with Crippen LogP contribution in [0, 0.1) is 0 Å². The first kappa shape index (κ1) is 27.7. The number of nitrogens with zero attached hydrogens (tertiary/aromatic N) is 5. The van der Waals surface area contributed by atoms with Gasteiger partial charge >= 0.3 is 5.97 Å². The fourth-order valence-corrected chi connectivity index (χ4v) is 6.60. The molecule has 13 heteroatoms. The predicted molar refractivity (Wildman–Crippen MR) is 142 cm³/mol. The molecule has 12 nitrogen and oxygen atoms in total. The summed E-state index contributed by atoms with van der Waals surface area (Å²) in [6.45, 7) is 7.82. The summed E-state index contributed by atoms with van der Waals surface area (Å²) < 4.78 is 37.0. The Morgan fingerprint density at radius 1 is 1.21 bits per heavy atom. The second-order valence-corrected chi connectivity index (χ2v) is 11.6. The summed E-state index contributed by atoms with van der Waals surface area (Å²) >= 11 is 0. The van der Waals surface area contributed by atoms with Crippen molar-refractivity contribution in [3.05, 3.63) is 34.2 Å². The first-order valence-electron chi connectivity index (χ1n) is 12.7. The number of sulfonamides is 1. The van der Waals surface area contributed by atoms with Gasteiger partial charge in [0.15, 0.2) is 5.52 Å². The molecule has 0 saturated carbocycles. The second-order valence-electron chi connectivity index (χ2n) is 9.62. The van der Waals surface area contributed by atoms with E-state index in [1.54, 1.807) is 14.0 Å². The van der Waals surface area contributed by atoms with Crippen molar-refractivity contribution in [3.8, 4) is 17.1 Å². The van der Waals surface area contributed by atoms with Crippen molar-refractivity contribution in [2.75, 3.05) is 19.7 Å². The zero-order chi connectivity index (χ0) is 27.8. The lowest BCUT2D eigenvalue weighted by atomic mass is 10.1. The second kappa shape index (κ2) is 10.8. The van der Waals surface area contributed by atoms with Crippen molar-refractivity contribution in [2.24, 2.45) is 7.05 Å². The Kier molecular flexibility index (Phi) is 7.90. The van der Waals surface area contributed by atoms with Crippen LogP contribution in [-0.2, 0) is 34.8 Å². The minimum absolute atomic E-state index is 0.00782. The van der Waals surface area contributed by atoms with Gasteiger partial charge in [-0.3, -0.25) is 18.8 Å². The Morgan fingerprint density at radius 2 is 1.89 bits per heavy atom. The van der Waals surface area contributed by atoms with Gasteiger partial charge in [0, 0.05) is 32.2 Å². The number of carboxylic acids is 1. The number of rotatable bonds is 9. The molecule has 206 valence electrons. The largest absolute Gasteiger partial charge is 0.493 e. The number of piperazine rings is 1. The number of aryl methyl sites for hydroxylation is 2. The summed E-state index contributed by atoms with van der Waals surface area (Å²) in [5.74, 6) is -0.936. The number of aromatic nitrogens is 4. The highest BCUT2D eigenvalue weighted by atomic mass is 32.2. The van der Waals surface area contributed by atoms with E-state index < -0.39 is 28.1 Å². The molecule has 1 aromatic carbocycles. The summed E-state index contributed by atoms with van der Waals surface area (Å²) in [5, 5.41) is 17.4. The zero-order valence-electron chi connectivity index (χ0n) is 22.3. The molecule has 2 aromatic heterocycles. The number of aliphatic carboxylic acids is 1. The van der Waals surface area contributed by atoms with Gasteiger partial charge in [0.2, 0.25) is 10.0 Å². The molecule has 0 amide bonds. The minimum atomic E-state index is -3.90. The molecule has 2 atom stereocenters. The number of hydrogen-bond donors (Lipinski definition) is 2. The van der Waals surface area contributed by atoms with Crippen molar-refractivity contribution in [2.45, 2.75) is 64.1 Å². The molecule has 38 heavy (non-hydrogen) atoms. The molecule has 2 N–H and O–H groups in total. The van der Waals surface area contributed by atoms with Crippen LogP contribution < -0.4 is 15.6 Å². The molecule has 1 fully saturated rings. The van der Waals surface area contributed by atoms with Gasteiger partial charge < -0.3 is 15.2 Å². The Hall–Kier alpha value is -3.29. The van der Waals surface area contributed by atoms with Crippen LogP contribution in [0.15, 0.2) is 27.9 Å². The van der Waals surface area contributed by atoms with E-state index in [2.05, 4.69) is 10.4 Å². The average Bonchev–Trinajstić information content (AvgIpc) is 3.15. The number of fused-ring (bicyclic) bond motifs is 1. The van der Waals surface area contributed by atoms with Crippen LogP contribution in [0.25, 0.3) is 22.4 Å². The van der Waals surface area contributed by atoms with E-state index in [0.29, 0.717) is 36.5 Å². The predicted octanol–water partition coefficient (Wildman–Crippen LogP) is 1.60. The summed E-state index contributed by atoms with van der Waals surface area (Å²) in [4.78, 5) is 30.1. The fourth-order valence-electron chi connectivity index (χ4n) is 4.96. The van der Waals surface area contributed by atoms with Gasteiger partial charge in [-0.15, -0.1) is 0 Å². The van der Waals surface area contributed by atoms with E-state index >= 15 is 0 Å². The first-order chi connectivity index (χ1) is 18.0. The van der Waals surface area contributed by atoms with E-state index in [9.17, 15) is 23.1 Å². The van der Waals surface area contributed by atoms with Crippen molar-refractivity contribution in [3.63, 3.8) is 0 Å². The zero-order valence-corrected chi connectivity index (χ0v) is 23.1. The Balaban J connectivity index is 1.98. The van der Waals surface area contributed by atoms with Gasteiger partial charge in [0.1, 0.15) is 23.6 Å². The first-order valence-corrected chi connectivity index (χ1v) is 14.1. The highest BCUT2D eigenvalue weighted by Gasteiger charge is 2.32. The van der Waals surface area contributed by atoms with Crippen LogP contribution in [0.2, 0.25) is 0 Å². The molecule has 1 aliphatic rings. The Labute approximate surface area is 221 Å². The van der Waals surface area contributed by atoms with Crippen LogP contribution >= 0.6 is 0 Å². The Morgan fingerprint density at radius 3 is 2.50 bits per heavy atom. The average molecular weight is 547 g/mol. The third-order valence-electron chi connectivity index (χ3n) is 6.45. The van der Waals surface area contributed by atoms with Crippen LogP contribution in [0.5, 0.6) is 5.75 Å². The lowest BCUT2D eigenvalue weighted by Crippen LogP contribution is -2.55. The molecule has 0 aliphatic carbocycles. The van der Waals surface area contributed by atoms with Gasteiger partial charge in [0.25, 0.3) is 5.56 Å². The summed E-state index contributed by atoms with van der Waals surface area (Å²) in [6, 6.07) is 4.36. The van der Waals surface area contributed by atoms with E-state index in [1.165, 1.54) is 27.2 Å². The van der Waals surface area contributed by atoms with Crippen molar-refractivity contribution < 1.29 is 23.1 Å². The van der Waals surface area contributed by atoms with Crippen LogP contribution in [0.4, 0.5) is 0 Å². The van der Waals surface area contributed by atoms with Gasteiger partial charge in [-0.1, -0.05) is 13.3 Å². The number of carboxylic acid groups (broad SMARTS) is 1. The third-order valence-corrected chi connectivity index (χ3v) is 8.27. The molecule has 0 radical (unpaired) electrons. The molecule has 3 heterocycles. The van der Waals surface area contributed by atoms with E-state index in [4.69, 9.17) is 9.72 Å². The minimum Gasteiger partial charge on any atom is -0.493 e. The van der Waals surface area contributed by atoms with Crippen LogP contribution in [0.3, 0.4) is 0 Å². The molecule has 0 bridgehead atoms. The van der Waals surface area contributed by atoms with Gasteiger partial charge in [-0.05, 0) is 45.4 Å². The molecule has 4 rings (SSSR count). The number of hydrogen-bond acceptors (Lipinski definition) is 8. The normalized spacial score (nSPS) is 18.7. The number of carbonyl (C=O) groups is 1. The molecular formula is C25H34N6O6S. The number of nitrogens with one attached hydrogen (secondary N) is 1. The SMILES string of the molecule is CCCc1nn(C)c2c(=O)n(CC(=O)O)c(-c3cc(S(=O)(=O)N4CC(C)NC(C)C4)ccc3OCC)nc12. The van der Waals surface area contributed by atoms with Crippen LogP contribution in [0.1, 0.15) is 39.8 Å². The molecule has 0 spiro atoms. The summed E-state index contributed by atoms with van der Waals surface area (Å²) in [5.41, 5.74) is 0.790. The maximum atomic E-state index is 13.7. The van der Waals surface area contributed by atoms with Gasteiger partial charge in [-0.2, -0.15) is 9.40 Å². The third kappa shape index (κ3) is 5.18. The van der Waals surface area contributed by atoms with Crippen molar-refractivity contribution in [1.29, 1.82) is 0 Å². The fraction of sp³-hybridized carbons (Fsp3) is 0.520. The monoisotopic (exact) mass is 546 g/mol. The number of benzene rings is 1. The molecule has 3 aromatic rings. The van der Waals surface area contributed by atoms with Crippen LogP contribution in [-0.4, -0.2) is 74.9 Å². The highest BCUT2D eigenvalue weighted by Crippen LogP contribution is 2.33. The quantitative estimate of drug-likeness (QED) is 0.408. The summed E-state index contributed by atoms with van der Waals surface area (Å²) in [6.07, 6.45) is 1.33. The molecule has 1 aliphatic heterocycles. The van der Waals surface area contributed by atoms with Crippen molar-refractivity contribution in [1.82, 2.24) is 29.0 Å². The van der Waals surface area contributed by atoms with E-state index in [-0.39, 0.29) is 40.5 Å². The van der Waals surface area contributed by atoms with E-state index in [0.717, 1.165) is 11.0 Å². The maximum absolute atomic E-state index is 13.7. The highest BCUT2D eigenvalue weighted by molar-refractivity contribution is 7.89. The molecular weight excluding hydrogens is 512 g/mol. The van der Waals surface area contributed by atoms with Gasteiger partial charge in [0.05, 0.1) is 22.8 Å². The maximum Gasteiger partial charge on any atom is 0.323 e. The molecule has 2 unspecified atom stereocenters. The smallest absolute Gasteiger partial charge is 0.323 e. The number of ether oxygens (including phenoxy) is 1. The van der Waals surface area contributed by atoms with E-state index in [1.807, 2.05) is 20.8 Å². The van der Waals surface area contributed by atoms with Gasteiger partial charge in [-0.25, -0.2) is 13.4 Å². The lowest BCUT2D eigenvalue weighted by Gasteiger charge is -2.35. The standard InChI is InChI=1S/C25H34N6O6S/c1-6-8-19-22-23(29(5)28-19)25(34)31(14-21(32)33)24(27-22)18-11-17(9-10-20(18)37-7-2)38(35,36)30-12-15(3)26-16(4)13-30/h9-11,15-16,26H,6-8,12-14H2,1-5H3,(H,32,33). The summed E-state index contributed by atoms with van der Waals surface area (Å²) in [7, 11) is -2.29. The lowest BCUT2D eigenvalue weighted by molar-refractivity contribution is -0.137. The topological polar surface area (TPSA) is 149 Å².